The Labute approximate surface area is 198 Å². The Bertz CT molecular complexity index is 1880. The van der Waals surface area contributed by atoms with Gasteiger partial charge in [-0.2, -0.15) is 0 Å². The van der Waals surface area contributed by atoms with E-state index < -0.39 is 0 Å². The van der Waals surface area contributed by atoms with Gasteiger partial charge in [0.05, 0.1) is 0 Å². The minimum absolute atomic E-state index is 1.03. The number of benzene rings is 6. The molecule has 0 nitrogen and oxygen atoms in total. The molecule has 0 heteroatoms. The van der Waals surface area contributed by atoms with Crippen LogP contribution < -0.4 is 0 Å². The van der Waals surface area contributed by atoms with Crippen LogP contribution in [0, 0.1) is 0 Å². The summed E-state index contributed by atoms with van der Waals surface area (Å²) in [4.78, 5) is 0. The van der Waals surface area contributed by atoms with Crippen molar-refractivity contribution in [2.75, 3.05) is 0 Å². The zero-order valence-electron chi connectivity index (χ0n) is 19.2. The SMILES string of the molecule is c1ccc2c(c1)Cc1ccc3c4ccc5c6c(ccc(c7ccc-2c1c37)c64)C1=C(CCCC1)C5. The fourth-order valence-corrected chi connectivity index (χ4v) is 7.66. The van der Waals surface area contributed by atoms with Gasteiger partial charge in [-0.05, 0) is 121 Å². The smallest absolute Gasteiger partial charge is 0.00132 e. The van der Waals surface area contributed by atoms with Crippen LogP contribution in [-0.2, 0) is 12.8 Å². The highest BCUT2D eigenvalue weighted by molar-refractivity contribution is 6.35. The molecule has 0 N–H and O–H groups in total. The van der Waals surface area contributed by atoms with E-state index in [1.807, 2.05) is 0 Å². The second-order valence-electron chi connectivity index (χ2n) is 10.7. The highest BCUT2D eigenvalue weighted by atomic mass is 14.3. The zero-order valence-corrected chi connectivity index (χ0v) is 19.2. The van der Waals surface area contributed by atoms with Crippen LogP contribution in [0.1, 0.15) is 47.9 Å². The first-order valence-corrected chi connectivity index (χ1v) is 12.8. The lowest BCUT2D eigenvalue weighted by atomic mass is 9.75. The molecule has 3 aliphatic rings. The molecule has 6 aromatic rings. The number of allylic oxidation sites excluding steroid dienone is 2. The molecule has 0 atom stereocenters. The molecule has 6 aromatic carbocycles. The Morgan fingerprint density at radius 1 is 0.412 bits per heavy atom. The number of rotatable bonds is 0. The summed E-state index contributed by atoms with van der Waals surface area (Å²) in [5, 5.41) is 11.7. The van der Waals surface area contributed by atoms with Gasteiger partial charge in [0.25, 0.3) is 0 Å². The molecule has 0 spiro atoms. The molecular weight excluding hydrogens is 408 g/mol. The fraction of sp³-hybridized carbons (Fsp3) is 0.176. The largest absolute Gasteiger partial charge is 0.0620 e. The van der Waals surface area contributed by atoms with E-state index in [1.165, 1.54) is 91.2 Å². The molecule has 160 valence electrons. The van der Waals surface area contributed by atoms with Crippen molar-refractivity contribution >= 4 is 48.7 Å². The van der Waals surface area contributed by atoms with E-state index in [2.05, 4.69) is 72.8 Å². The van der Waals surface area contributed by atoms with Crippen molar-refractivity contribution in [1.82, 2.24) is 0 Å². The summed E-state index contributed by atoms with van der Waals surface area (Å²) >= 11 is 0. The first kappa shape index (κ1) is 17.8. The maximum Gasteiger partial charge on any atom is -0.00132 e. The molecule has 0 fully saturated rings. The van der Waals surface area contributed by atoms with Gasteiger partial charge in [-0.15, -0.1) is 0 Å². The number of hydrogen-bond donors (Lipinski definition) is 0. The second kappa shape index (κ2) is 6.07. The average molecular weight is 433 g/mol. The maximum atomic E-state index is 2.46. The summed E-state index contributed by atoms with van der Waals surface area (Å²) in [6.07, 6.45) is 7.42. The van der Waals surface area contributed by atoms with Gasteiger partial charge in [-0.3, -0.25) is 0 Å². The molecule has 0 saturated carbocycles. The lowest BCUT2D eigenvalue weighted by Crippen LogP contribution is -2.09. The highest BCUT2D eigenvalue weighted by Crippen LogP contribution is 2.50. The van der Waals surface area contributed by atoms with Crippen LogP contribution in [0.5, 0.6) is 0 Å². The van der Waals surface area contributed by atoms with Crippen LogP contribution >= 0.6 is 0 Å². The lowest BCUT2D eigenvalue weighted by Gasteiger charge is -2.29. The third-order valence-electron chi connectivity index (χ3n) is 9.07. The summed E-state index contributed by atoms with van der Waals surface area (Å²) in [5.41, 5.74) is 12.2. The minimum atomic E-state index is 1.03. The summed E-state index contributed by atoms with van der Waals surface area (Å²) in [5.74, 6) is 0. The van der Waals surface area contributed by atoms with E-state index in [1.54, 1.807) is 22.1 Å². The van der Waals surface area contributed by atoms with E-state index >= 15 is 0 Å². The summed E-state index contributed by atoms with van der Waals surface area (Å²) in [6, 6.07) is 28.4. The van der Waals surface area contributed by atoms with Crippen molar-refractivity contribution in [3.05, 3.63) is 101 Å². The predicted octanol–water partition coefficient (Wildman–Crippen LogP) is 9.19. The molecule has 3 aliphatic carbocycles. The maximum absolute atomic E-state index is 2.46. The molecule has 0 aromatic heterocycles. The molecule has 0 heterocycles. The van der Waals surface area contributed by atoms with Crippen LogP contribution in [0.3, 0.4) is 0 Å². The van der Waals surface area contributed by atoms with E-state index in [9.17, 15) is 0 Å². The van der Waals surface area contributed by atoms with Crippen molar-refractivity contribution in [1.29, 1.82) is 0 Å². The van der Waals surface area contributed by atoms with Gasteiger partial charge in [0.1, 0.15) is 0 Å². The van der Waals surface area contributed by atoms with Gasteiger partial charge in [0.15, 0.2) is 0 Å². The molecular formula is C34H24. The topological polar surface area (TPSA) is 0 Å². The summed E-state index contributed by atoms with van der Waals surface area (Å²) in [6.45, 7) is 0. The van der Waals surface area contributed by atoms with Gasteiger partial charge in [0, 0.05) is 0 Å². The Hall–Kier alpha value is -3.64. The van der Waals surface area contributed by atoms with E-state index in [0.717, 1.165) is 12.8 Å². The van der Waals surface area contributed by atoms with Gasteiger partial charge in [0.2, 0.25) is 0 Å². The molecule has 9 rings (SSSR count). The summed E-state index contributed by atoms with van der Waals surface area (Å²) < 4.78 is 0. The van der Waals surface area contributed by atoms with Crippen molar-refractivity contribution in [2.24, 2.45) is 0 Å². The van der Waals surface area contributed by atoms with Crippen LogP contribution in [0.4, 0.5) is 0 Å². The van der Waals surface area contributed by atoms with E-state index in [0.29, 0.717) is 0 Å². The Morgan fingerprint density at radius 3 is 1.82 bits per heavy atom. The Kier molecular flexibility index (Phi) is 3.18. The Balaban J connectivity index is 1.48. The van der Waals surface area contributed by atoms with Gasteiger partial charge in [-0.1, -0.05) is 78.4 Å². The predicted molar refractivity (Wildman–Crippen MR) is 145 cm³/mol. The minimum Gasteiger partial charge on any atom is -0.0620 e. The fourth-order valence-electron chi connectivity index (χ4n) is 7.66. The molecule has 0 aliphatic heterocycles. The van der Waals surface area contributed by atoms with Crippen LogP contribution in [0.15, 0.2) is 78.4 Å². The normalized spacial score (nSPS) is 16.6. The zero-order chi connectivity index (χ0) is 22.0. The first-order chi connectivity index (χ1) is 16.9. The van der Waals surface area contributed by atoms with E-state index in [4.69, 9.17) is 0 Å². The van der Waals surface area contributed by atoms with Crippen LogP contribution in [0.2, 0.25) is 0 Å². The summed E-state index contributed by atoms with van der Waals surface area (Å²) in [7, 11) is 0. The third kappa shape index (κ3) is 2.03. The van der Waals surface area contributed by atoms with Crippen LogP contribution in [-0.4, -0.2) is 0 Å². The van der Waals surface area contributed by atoms with Gasteiger partial charge < -0.3 is 0 Å². The molecule has 0 bridgehead atoms. The average Bonchev–Trinajstić information content (AvgIpc) is 2.90. The van der Waals surface area contributed by atoms with Gasteiger partial charge in [-0.25, -0.2) is 0 Å². The molecule has 0 radical (unpaired) electrons. The standard InChI is InChI=1S/C34H24/c1-3-7-23-19(5-1)17-21-9-11-27-28-12-10-22-18-20-6-2-4-8-24(20)26-14-16-30(34(28)32(22)26)29-15-13-25(23)31(21)33(27)29/h1,3,5,7,9-16H,2,4,6,8,17-18H2. The van der Waals surface area contributed by atoms with Crippen molar-refractivity contribution in [3.63, 3.8) is 0 Å². The third-order valence-corrected chi connectivity index (χ3v) is 9.07. The molecule has 0 unspecified atom stereocenters. The number of hydrogen-bond acceptors (Lipinski definition) is 0. The van der Waals surface area contributed by atoms with Crippen LogP contribution in [0.25, 0.3) is 59.8 Å². The van der Waals surface area contributed by atoms with Crippen molar-refractivity contribution in [2.45, 2.75) is 38.5 Å². The molecule has 0 amide bonds. The van der Waals surface area contributed by atoms with E-state index in [-0.39, 0.29) is 0 Å². The monoisotopic (exact) mass is 432 g/mol. The van der Waals surface area contributed by atoms with Crippen molar-refractivity contribution in [3.8, 4) is 11.1 Å². The molecule has 34 heavy (non-hydrogen) atoms. The first-order valence-electron chi connectivity index (χ1n) is 12.8. The number of fused-ring (bicyclic) bond motifs is 5. The highest BCUT2D eigenvalue weighted by Gasteiger charge is 2.27. The quantitative estimate of drug-likeness (QED) is 0.165. The lowest BCUT2D eigenvalue weighted by molar-refractivity contribution is 0.699. The van der Waals surface area contributed by atoms with Gasteiger partial charge >= 0.3 is 0 Å². The Morgan fingerprint density at radius 2 is 1.03 bits per heavy atom. The van der Waals surface area contributed by atoms with Crippen molar-refractivity contribution < 1.29 is 0 Å². The molecule has 0 saturated heterocycles. The second-order valence-corrected chi connectivity index (χ2v) is 10.7.